The molecule has 0 amide bonds. The topological polar surface area (TPSA) is 59.6 Å². The van der Waals surface area contributed by atoms with E-state index < -0.39 is 12.8 Å². The molecular weight excluding hydrogens is 295 g/mol. The minimum atomic E-state index is -4.33. The average molecular weight is 315 g/mol. The summed E-state index contributed by atoms with van der Waals surface area (Å²) in [5.74, 6) is 1.27. The summed E-state index contributed by atoms with van der Waals surface area (Å²) in [5, 5.41) is 3.08. The minimum absolute atomic E-state index is 0.182. The predicted molar refractivity (Wildman–Crippen MR) is 78.7 cm³/mol. The van der Waals surface area contributed by atoms with Gasteiger partial charge in [-0.2, -0.15) is 13.2 Å². The third-order valence-corrected chi connectivity index (χ3v) is 3.55. The quantitative estimate of drug-likeness (QED) is 0.627. The molecule has 3 N–H and O–H groups in total. The highest BCUT2D eigenvalue weighted by atomic mass is 19.4. The molecule has 1 fully saturated rings. The molecule has 7 heteroatoms. The van der Waals surface area contributed by atoms with Gasteiger partial charge in [-0.25, -0.2) is 4.99 Å². The van der Waals surface area contributed by atoms with Gasteiger partial charge >= 0.3 is 6.18 Å². The molecule has 0 radical (unpaired) electrons. The first-order valence-electron chi connectivity index (χ1n) is 7.25. The Morgan fingerprint density at radius 1 is 1.27 bits per heavy atom. The van der Waals surface area contributed by atoms with Gasteiger partial charge in [0.2, 0.25) is 0 Å². The fourth-order valence-corrected chi connectivity index (χ4v) is 2.03. The average Bonchev–Trinajstić information content (AvgIpc) is 2.41. The minimum Gasteiger partial charge on any atom is -0.484 e. The second kappa shape index (κ2) is 7.38. The van der Waals surface area contributed by atoms with Crippen LogP contribution in [-0.4, -0.2) is 25.3 Å². The third kappa shape index (κ3) is 5.83. The number of hydrogen-bond donors (Lipinski definition) is 2. The summed E-state index contributed by atoms with van der Waals surface area (Å²) in [6.07, 6.45) is -0.574. The third-order valence-electron chi connectivity index (χ3n) is 3.55. The Morgan fingerprint density at radius 2 is 1.95 bits per heavy atom. The molecule has 0 aromatic heterocycles. The monoisotopic (exact) mass is 315 g/mol. The number of benzene rings is 1. The van der Waals surface area contributed by atoms with Gasteiger partial charge in [0.1, 0.15) is 5.75 Å². The molecule has 0 atom stereocenters. The van der Waals surface area contributed by atoms with Crippen LogP contribution in [0.25, 0.3) is 0 Å². The molecule has 1 aromatic rings. The number of ether oxygens (including phenoxy) is 1. The van der Waals surface area contributed by atoms with E-state index in [4.69, 9.17) is 5.73 Å². The van der Waals surface area contributed by atoms with Crippen LogP contribution in [0.4, 0.5) is 13.2 Å². The van der Waals surface area contributed by atoms with Crippen LogP contribution < -0.4 is 15.8 Å². The molecule has 1 saturated carbocycles. The van der Waals surface area contributed by atoms with E-state index in [2.05, 4.69) is 15.0 Å². The summed E-state index contributed by atoms with van der Waals surface area (Å²) in [6.45, 7) is -0.0643. The van der Waals surface area contributed by atoms with Gasteiger partial charge in [-0.3, -0.25) is 0 Å². The van der Waals surface area contributed by atoms with Crippen molar-refractivity contribution in [1.82, 2.24) is 5.32 Å². The van der Waals surface area contributed by atoms with Crippen molar-refractivity contribution in [3.63, 3.8) is 0 Å². The number of nitrogens with zero attached hydrogens (tertiary/aromatic N) is 1. The summed E-state index contributed by atoms with van der Waals surface area (Å²) in [6, 6.07) is 6.34. The SMILES string of the molecule is NC(=NCc1ccc(OCC(F)(F)F)cc1)NCC1CCC1. The van der Waals surface area contributed by atoms with Crippen LogP contribution >= 0.6 is 0 Å². The maximum absolute atomic E-state index is 12.0. The van der Waals surface area contributed by atoms with Crippen molar-refractivity contribution in [1.29, 1.82) is 0 Å². The number of guanidine groups is 1. The van der Waals surface area contributed by atoms with Crippen LogP contribution in [0.1, 0.15) is 24.8 Å². The Balaban J connectivity index is 1.75. The van der Waals surface area contributed by atoms with Crippen LogP contribution in [0, 0.1) is 5.92 Å². The van der Waals surface area contributed by atoms with Gasteiger partial charge in [0, 0.05) is 6.54 Å². The van der Waals surface area contributed by atoms with Gasteiger partial charge in [0.05, 0.1) is 6.54 Å². The lowest BCUT2D eigenvalue weighted by Gasteiger charge is -2.25. The summed E-state index contributed by atoms with van der Waals surface area (Å²) in [4.78, 5) is 4.20. The Morgan fingerprint density at radius 3 is 2.50 bits per heavy atom. The number of alkyl halides is 3. The zero-order chi connectivity index (χ0) is 16.0. The highest BCUT2D eigenvalue weighted by Gasteiger charge is 2.28. The van der Waals surface area contributed by atoms with Crippen molar-refractivity contribution in [3.8, 4) is 5.75 Å². The van der Waals surface area contributed by atoms with Gasteiger partial charge in [-0.15, -0.1) is 0 Å². The molecule has 0 heterocycles. The Labute approximate surface area is 127 Å². The van der Waals surface area contributed by atoms with E-state index >= 15 is 0 Å². The molecule has 0 bridgehead atoms. The first kappa shape index (κ1) is 16.5. The molecular formula is C15H20F3N3O. The highest BCUT2D eigenvalue weighted by molar-refractivity contribution is 5.77. The lowest BCUT2D eigenvalue weighted by Crippen LogP contribution is -2.37. The Kier molecular flexibility index (Phi) is 5.51. The predicted octanol–water partition coefficient (Wildman–Crippen LogP) is 2.83. The van der Waals surface area contributed by atoms with Crippen LogP contribution in [0.5, 0.6) is 5.75 Å². The molecule has 0 unspecified atom stereocenters. The molecule has 4 nitrogen and oxygen atoms in total. The van der Waals surface area contributed by atoms with Crippen molar-refractivity contribution in [2.75, 3.05) is 13.2 Å². The number of hydrogen-bond acceptors (Lipinski definition) is 2. The van der Waals surface area contributed by atoms with Gasteiger partial charge in [0.15, 0.2) is 12.6 Å². The van der Waals surface area contributed by atoms with Crippen molar-refractivity contribution >= 4 is 5.96 Å². The van der Waals surface area contributed by atoms with E-state index in [1.165, 1.54) is 31.4 Å². The number of aliphatic imine (C=N–C) groups is 1. The number of nitrogens with one attached hydrogen (secondary N) is 1. The smallest absolute Gasteiger partial charge is 0.422 e. The largest absolute Gasteiger partial charge is 0.484 e. The van der Waals surface area contributed by atoms with Gasteiger partial charge in [0.25, 0.3) is 0 Å². The summed E-state index contributed by atoms with van der Waals surface area (Å²) >= 11 is 0. The van der Waals surface area contributed by atoms with E-state index in [1.54, 1.807) is 12.1 Å². The maximum Gasteiger partial charge on any atom is 0.422 e. The van der Waals surface area contributed by atoms with E-state index in [0.717, 1.165) is 12.1 Å². The molecule has 122 valence electrons. The molecule has 1 aliphatic rings. The zero-order valence-electron chi connectivity index (χ0n) is 12.2. The van der Waals surface area contributed by atoms with E-state index in [1.807, 2.05) is 0 Å². The maximum atomic E-state index is 12.0. The molecule has 1 aromatic carbocycles. The molecule has 2 rings (SSSR count). The van der Waals surface area contributed by atoms with Gasteiger partial charge in [-0.05, 0) is 36.5 Å². The Hall–Kier alpha value is -1.92. The second-order valence-corrected chi connectivity index (χ2v) is 5.43. The summed E-state index contributed by atoms with van der Waals surface area (Å²) in [5.41, 5.74) is 6.62. The number of rotatable bonds is 6. The summed E-state index contributed by atoms with van der Waals surface area (Å²) in [7, 11) is 0. The molecule has 0 aliphatic heterocycles. The van der Waals surface area contributed by atoms with Crippen molar-refractivity contribution < 1.29 is 17.9 Å². The van der Waals surface area contributed by atoms with Gasteiger partial charge in [-0.1, -0.05) is 18.6 Å². The number of halogens is 3. The highest BCUT2D eigenvalue weighted by Crippen LogP contribution is 2.25. The fraction of sp³-hybridized carbons (Fsp3) is 0.533. The van der Waals surface area contributed by atoms with Crippen molar-refractivity contribution in [2.24, 2.45) is 16.6 Å². The molecule has 0 saturated heterocycles. The first-order valence-corrected chi connectivity index (χ1v) is 7.25. The van der Waals surface area contributed by atoms with Crippen molar-refractivity contribution in [3.05, 3.63) is 29.8 Å². The molecule has 0 spiro atoms. The van der Waals surface area contributed by atoms with E-state index in [9.17, 15) is 13.2 Å². The lowest BCUT2D eigenvalue weighted by molar-refractivity contribution is -0.153. The first-order chi connectivity index (χ1) is 10.4. The Bertz CT molecular complexity index is 496. The van der Waals surface area contributed by atoms with Crippen LogP contribution in [0.3, 0.4) is 0 Å². The molecule has 1 aliphatic carbocycles. The van der Waals surface area contributed by atoms with Gasteiger partial charge < -0.3 is 15.8 Å². The normalized spacial score (nSPS) is 16.2. The fourth-order valence-electron chi connectivity index (χ4n) is 2.03. The second-order valence-electron chi connectivity index (χ2n) is 5.43. The number of nitrogens with two attached hydrogens (primary N) is 1. The van der Waals surface area contributed by atoms with Crippen LogP contribution in [-0.2, 0) is 6.54 Å². The van der Waals surface area contributed by atoms with E-state index in [0.29, 0.717) is 18.4 Å². The zero-order valence-corrected chi connectivity index (χ0v) is 12.2. The van der Waals surface area contributed by atoms with Crippen molar-refractivity contribution in [2.45, 2.75) is 32.0 Å². The standard InChI is InChI=1S/C15H20F3N3O/c16-15(17,18)10-22-13-6-4-12(5-7-13)9-21-14(19)20-8-11-2-1-3-11/h4-7,11H,1-3,8-10H2,(H3,19,20,21). The van der Waals surface area contributed by atoms with Crippen LogP contribution in [0.15, 0.2) is 29.3 Å². The van der Waals surface area contributed by atoms with E-state index in [-0.39, 0.29) is 5.75 Å². The lowest BCUT2D eigenvalue weighted by atomic mass is 9.85. The molecule has 22 heavy (non-hydrogen) atoms. The van der Waals surface area contributed by atoms with Crippen LogP contribution in [0.2, 0.25) is 0 Å². The summed E-state index contributed by atoms with van der Waals surface area (Å²) < 4.78 is 40.7.